The SMILES string of the molecule is O=C(CCl)c1csc(Cc2cccc(Br)c2)n1. The van der Waals surface area contributed by atoms with Gasteiger partial charge in [-0.05, 0) is 17.7 Å². The van der Waals surface area contributed by atoms with Gasteiger partial charge < -0.3 is 0 Å². The molecule has 2 aromatic rings. The molecular formula is C12H9BrClNOS. The van der Waals surface area contributed by atoms with Crippen LogP contribution in [0.4, 0.5) is 0 Å². The zero-order valence-corrected chi connectivity index (χ0v) is 12.0. The van der Waals surface area contributed by atoms with Crippen LogP contribution in [0.2, 0.25) is 0 Å². The quantitative estimate of drug-likeness (QED) is 0.628. The Labute approximate surface area is 117 Å². The maximum atomic E-state index is 11.3. The van der Waals surface area contributed by atoms with Gasteiger partial charge >= 0.3 is 0 Å². The molecule has 0 atom stereocenters. The standard InChI is InChI=1S/C12H9BrClNOS/c13-9-3-1-2-8(4-9)5-12-15-10(7-17-12)11(16)6-14/h1-4,7H,5-6H2. The normalized spacial score (nSPS) is 10.5. The summed E-state index contributed by atoms with van der Waals surface area (Å²) in [5, 5.41) is 2.69. The molecule has 0 aliphatic rings. The van der Waals surface area contributed by atoms with E-state index in [1.807, 2.05) is 24.3 Å². The number of carbonyl (C=O) groups excluding carboxylic acids is 1. The summed E-state index contributed by atoms with van der Waals surface area (Å²) in [5.74, 6) is -0.136. The van der Waals surface area contributed by atoms with E-state index in [-0.39, 0.29) is 11.7 Å². The molecule has 5 heteroatoms. The van der Waals surface area contributed by atoms with Crippen molar-refractivity contribution in [1.29, 1.82) is 0 Å². The minimum absolute atomic E-state index is 0.0138. The van der Waals surface area contributed by atoms with Gasteiger partial charge in [0.25, 0.3) is 0 Å². The highest BCUT2D eigenvalue weighted by molar-refractivity contribution is 9.10. The second-order valence-corrected chi connectivity index (χ2v) is 5.62. The number of alkyl halides is 1. The molecule has 17 heavy (non-hydrogen) atoms. The van der Waals surface area contributed by atoms with Crippen LogP contribution >= 0.6 is 38.9 Å². The van der Waals surface area contributed by atoms with Gasteiger partial charge in [-0.3, -0.25) is 4.79 Å². The van der Waals surface area contributed by atoms with Gasteiger partial charge in [-0.1, -0.05) is 28.1 Å². The maximum Gasteiger partial charge on any atom is 0.196 e. The lowest BCUT2D eigenvalue weighted by Gasteiger charge is -1.98. The number of ketones is 1. The highest BCUT2D eigenvalue weighted by Gasteiger charge is 2.09. The van der Waals surface area contributed by atoms with Crippen molar-refractivity contribution >= 4 is 44.7 Å². The van der Waals surface area contributed by atoms with Gasteiger partial charge in [0, 0.05) is 16.3 Å². The van der Waals surface area contributed by atoms with E-state index in [1.165, 1.54) is 16.9 Å². The Morgan fingerprint density at radius 2 is 2.29 bits per heavy atom. The molecule has 0 amide bonds. The Bertz CT molecular complexity index is 541. The molecule has 0 aliphatic heterocycles. The maximum absolute atomic E-state index is 11.3. The van der Waals surface area contributed by atoms with Crippen molar-refractivity contribution in [2.24, 2.45) is 0 Å². The number of thiazole rings is 1. The molecule has 0 spiro atoms. The van der Waals surface area contributed by atoms with Crippen molar-refractivity contribution < 1.29 is 4.79 Å². The molecular weight excluding hydrogens is 322 g/mol. The number of benzene rings is 1. The lowest BCUT2D eigenvalue weighted by atomic mass is 10.2. The Morgan fingerprint density at radius 3 is 3.00 bits per heavy atom. The second kappa shape index (κ2) is 5.76. The van der Waals surface area contributed by atoms with Crippen molar-refractivity contribution in [2.45, 2.75) is 6.42 Å². The molecule has 0 unspecified atom stereocenters. The van der Waals surface area contributed by atoms with Crippen LogP contribution in [0.1, 0.15) is 21.1 Å². The third-order valence-electron chi connectivity index (χ3n) is 2.20. The number of Topliss-reactive ketones (excluding diaryl/α,β-unsaturated/α-hetero) is 1. The minimum Gasteiger partial charge on any atom is -0.291 e. The summed E-state index contributed by atoms with van der Waals surface area (Å²) < 4.78 is 1.05. The molecule has 0 saturated heterocycles. The fourth-order valence-electron chi connectivity index (χ4n) is 1.41. The largest absolute Gasteiger partial charge is 0.291 e. The molecule has 0 saturated carbocycles. The molecule has 88 valence electrons. The molecule has 0 bridgehead atoms. The van der Waals surface area contributed by atoms with E-state index in [0.717, 1.165) is 15.9 Å². The van der Waals surface area contributed by atoms with E-state index in [4.69, 9.17) is 11.6 Å². The van der Waals surface area contributed by atoms with E-state index in [9.17, 15) is 4.79 Å². The van der Waals surface area contributed by atoms with Crippen LogP contribution in [-0.4, -0.2) is 16.6 Å². The predicted octanol–water partition coefficient (Wildman–Crippen LogP) is 3.92. The zero-order valence-electron chi connectivity index (χ0n) is 8.82. The molecule has 0 radical (unpaired) electrons. The van der Waals surface area contributed by atoms with Gasteiger partial charge in [0.1, 0.15) is 5.69 Å². The van der Waals surface area contributed by atoms with Crippen molar-refractivity contribution in [3.05, 3.63) is 50.4 Å². The van der Waals surface area contributed by atoms with Crippen LogP contribution < -0.4 is 0 Å². The van der Waals surface area contributed by atoms with Gasteiger partial charge in [0.05, 0.1) is 10.9 Å². The van der Waals surface area contributed by atoms with Gasteiger partial charge in [-0.25, -0.2) is 4.98 Å². The molecule has 1 aromatic carbocycles. The fraction of sp³-hybridized carbons (Fsp3) is 0.167. The molecule has 1 heterocycles. The first-order valence-corrected chi connectivity index (χ1v) is 7.18. The first-order valence-electron chi connectivity index (χ1n) is 4.97. The van der Waals surface area contributed by atoms with Crippen molar-refractivity contribution in [1.82, 2.24) is 4.98 Å². The molecule has 2 rings (SSSR count). The number of hydrogen-bond donors (Lipinski definition) is 0. The van der Waals surface area contributed by atoms with E-state index in [2.05, 4.69) is 20.9 Å². The minimum atomic E-state index is -0.122. The van der Waals surface area contributed by atoms with Gasteiger partial charge in [-0.2, -0.15) is 0 Å². The number of rotatable bonds is 4. The average Bonchev–Trinajstić information content (AvgIpc) is 2.76. The highest BCUT2D eigenvalue weighted by Crippen LogP contribution is 2.18. The average molecular weight is 331 g/mol. The number of aromatic nitrogens is 1. The van der Waals surface area contributed by atoms with Crippen molar-refractivity contribution in [3.63, 3.8) is 0 Å². The first-order chi connectivity index (χ1) is 8.19. The molecule has 0 fully saturated rings. The van der Waals surface area contributed by atoms with Gasteiger partial charge in [0.2, 0.25) is 0 Å². The van der Waals surface area contributed by atoms with Crippen molar-refractivity contribution in [3.8, 4) is 0 Å². The monoisotopic (exact) mass is 329 g/mol. The summed E-state index contributed by atoms with van der Waals surface area (Å²) in [4.78, 5) is 15.6. The van der Waals surface area contributed by atoms with Crippen LogP contribution in [0.25, 0.3) is 0 Å². The molecule has 0 N–H and O–H groups in total. The predicted molar refractivity (Wildman–Crippen MR) is 74.1 cm³/mol. The summed E-state index contributed by atoms with van der Waals surface area (Å²) in [7, 11) is 0. The first kappa shape index (κ1) is 12.7. The Morgan fingerprint density at radius 1 is 1.47 bits per heavy atom. The summed E-state index contributed by atoms with van der Waals surface area (Å²) in [6.45, 7) is 0. The van der Waals surface area contributed by atoms with E-state index in [1.54, 1.807) is 5.38 Å². The summed E-state index contributed by atoms with van der Waals surface area (Å²) in [6.07, 6.45) is 0.736. The molecule has 2 nitrogen and oxygen atoms in total. The second-order valence-electron chi connectivity index (χ2n) is 3.49. The lowest BCUT2D eigenvalue weighted by molar-refractivity contribution is 0.101. The van der Waals surface area contributed by atoms with E-state index >= 15 is 0 Å². The number of carbonyl (C=O) groups is 1. The number of halogens is 2. The highest BCUT2D eigenvalue weighted by atomic mass is 79.9. The molecule has 0 aliphatic carbocycles. The summed E-state index contributed by atoms with van der Waals surface area (Å²) >= 11 is 10.4. The Hall–Kier alpha value is -0.710. The van der Waals surface area contributed by atoms with Gasteiger partial charge in [-0.15, -0.1) is 22.9 Å². The third-order valence-corrected chi connectivity index (χ3v) is 3.79. The number of nitrogens with zero attached hydrogens (tertiary/aromatic N) is 1. The van der Waals surface area contributed by atoms with Crippen molar-refractivity contribution in [2.75, 3.05) is 5.88 Å². The summed E-state index contributed by atoms with van der Waals surface area (Å²) in [5.41, 5.74) is 1.63. The fourth-order valence-corrected chi connectivity index (χ4v) is 2.83. The third kappa shape index (κ3) is 3.37. The summed E-state index contributed by atoms with van der Waals surface area (Å²) in [6, 6.07) is 8.05. The van der Waals surface area contributed by atoms with Crippen LogP contribution in [-0.2, 0) is 6.42 Å². The smallest absolute Gasteiger partial charge is 0.196 e. The Balaban J connectivity index is 2.14. The van der Waals surface area contributed by atoms with Crippen LogP contribution in [0, 0.1) is 0 Å². The lowest BCUT2D eigenvalue weighted by Crippen LogP contribution is -2.00. The molecule has 1 aromatic heterocycles. The number of hydrogen-bond acceptors (Lipinski definition) is 3. The van der Waals surface area contributed by atoms with E-state index in [0.29, 0.717) is 5.69 Å². The Kier molecular flexibility index (Phi) is 4.31. The van der Waals surface area contributed by atoms with Crippen LogP contribution in [0.3, 0.4) is 0 Å². The van der Waals surface area contributed by atoms with Crippen LogP contribution in [0.5, 0.6) is 0 Å². The van der Waals surface area contributed by atoms with Crippen LogP contribution in [0.15, 0.2) is 34.1 Å². The zero-order chi connectivity index (χ0) is 12.3. The topological polar surface area (TPSA) is 30.0 Å². The van der Waals surface area contributed by atoms with E-state index < -0.39 is 0 Å². The van der Waals surface area contributed by atoms with Gasteiger partial charge in [0.15, 0.2) is 5.78 Å².